The summed E-state index contributed by atoms with van der Waals surface area (Å²) in [4.78, 5) is 20.5. The molecule has 4 nitrogen and oxygen atoms in total. The van der Waals surface area contributed by atoms with Crippen LogP contribution in [0.3, 0.4) is 0 Å². The minimum Gasteiger partial charge on any atom is -0.367 e. The average molecular weight is 379 g/mol. The SMILES string of the molecule is CC(=O)CCc1cc(NC2CCC(F)(F)CC2)nc(-c2nc(C)cs2)c1. The Morgan fingerprint density at radius 1 is 1.31 bits per heavy atom. The van der Waals surface area contributed by atoms with Crippen LogP contribution in [0.1, 0.15) is 50.3 Å². The van der Waals surface area contributed by atoms with Gasteiger partial charge in [0.05, 0.1) is 0 Å². The van der Waals surface area contributed by atoms with Gasteiger partial charge in [-0.2, -0.15) is 0 Å². The van der Waals surface area contributed by atoms with Gasteiger partial charge in [0, 0.05) is 36.4 Å². The van der Waals surface area contributed by atoms with Gasteiger partial charge in [-0.3, -0.25) is 0 Å². The second-order valence-electron chi connectivity index (χ2n) is 7.02. The van der Waals surface area contributed by atoms with E-state index in [1.54, 1.807) is 6.92 Å². The van der Waals surface area contributed by atoms with Crippen molar-refractivity contribution >= 4 is 22.9 Å². The van der Waals surface area contributed by atoms with E-state index in [1.165, 1.54) is 11.3 Å². The zero-order valence-corrected chi connectivity index (χ0v) is 15.8. The van der Waals surface area contributed by atoms with E-state index in [2.05, 4.69) is 15.3 Å². The van der Waals surface area contributed by atoms with Crippen molar-refractivity contribution in [2.45, 2.75) is 64.3 Å². The molecule has 7 heteroatoms. The molecular weight excluding hydrogens is 356 g/mol. The maximum Gasteiger partial charge on any atom is 0.248 e. The molecule has 0 radical (unpaired) electrons. The predicted molar refractivity (Wildman–Crippen MR) is 99.9 cm³/mol. The first-order valence-electron chi connectivity index (χ1n) is 8.88. The second kappa shape index (κ2) is 7.78. The topological polar surface area (TPSA) is 54.9 Å². The van der Waals surface area contributed by atoms with Crippen LogP contribution in [-0.2, 0) is 11.2 Å². The Morgan fingerprint density at radius 2 is 2.04 bits per heavy atom. The lowest BCUT2D eigenvalue weighted by Crippen LogP contribution is -2.32. The number of alkyl halides is 2. The Bertz CT molecular complexity index is 781. The Balaban J connectivity index is 1.81. The molecule has 140 valence electrons. The number of hydrogen-bond acceptors (Lipinski definition) is 5. The van der Waals surface area contributed by atoms with E-state index >= 15 is 0 Å². The largest absolute Gasteiger partial charge is 0.367 e. The highest BCUT2D eigenvalue weighted by molar-refractivity contribution is 7.13. The van der Waals surface area contributed by atoms with Gasteiger partial charge in [-0.25, -0.2) is 18.7 Å². The number of carbonyl (C=O) groups excluding carboxylic acids is 1. The van der Waals surface area contributed by atoms with Gasteiger partial charge >= 0.3 is 0 Å². The van der Waals surface area contributed by atoms with E-state index in [1.807, 2.05) is 24.4 Å². The number of halogens is 2. The summed E-state index contributed by atoms with van der Waals surface area (Å²) in [5, 5.41) is 6.10. The molecule has 1 aliphatic carbocycles. The van der Waals surface area contributed by atoms with E-state index < -0.39 is 5.92 Å². The Labute approximate surface area is 156 Å². The molecule has 0 aliphatic heterocycles. The molecule has 2 aromatic rings. The van der Waals surface area contributed by atoms with E-state index in [0.717, 1.165) is 22.0 Å². The molecule has 3 rings (SSSR count). The summed E-state index contributed by atoms with van der Waals surface area (Å²) in [5.41, 5.74) is 2.69. The number of ketones is 1. The smallest absolute Gasteiger partial charge is 0.248 e. The number of pyridine rings is 1. The van der Waals surface area contributed by atoms with Crippen LogP contribution in [0.25, 0.3) is 10.7 Å². The first-order valence-corrected chi connectivity index (χ1v) is 9.76. The standard InChI is InChI=1S/C19H23F2N3OS/c1-12-11-26-18(22-12)16-9-14(4-3-13(2)25)10-17(24-16)23-15-5-7-19(20,21)8-6-15/h9-11,15H,3-8H2,1-2H3,(H,23,24). The molecule has 1 fully saturated rings. The molecule has 0 saturated heterocycles. The monoisotopic (exact) mass is 379 g/mol. The summed E-state index contributed by atoms with van der Waals surface area (Å²) in [6, 6.07) is 3.87. The summed E-state index contributed by atoms with van der Waals surface area (Å²) in [6.45, 7) is 3.51. The molecule has 1 saturated carbocycles. The Morgan fingerprint density at radius 3 is 2.65 bits per heavy atom. The minimum absolute atomic E-state index is 0.00365. The molecule has 0 aromatic carbocycles. The molecule has 1 aliphatic rings. The molecular formula is C19H23F2N3OS. The third kappa shape index (κ3) is 5.06. The summed E-state index contributed by atoms with van der Waals surface area (Å²) in [7, 11) is 0. The van der Waals surface area contributed by atoms with Gasteiger partial charge in [-0.1, -0.05) is 0 Å². The van der Waals surface area contributed by atoms with Crippen molar-refractivity contribution in [2.75, 3.05) is 5.32 Å². The van der Waals surface area contributed by atoms with Crippen LogP contribution in [-0.4, -0.2) is 27.7 Å². The molecule has 0 amide bonds. The lowest BCUT2D eigenvalue weighted by atomic mass is 9.92. The van der Waals surface area contributed by atoms with Crippen LogP contribution in [0.15, 0.2) is 17.5 Å². The van der Waals surface area contributed by atoms with Crippen LogP contribution in [0.4, 0.5) is 14.6 Å². The third-order valence-corrected chi connectivity index (χ3v) is 5.54. The molecule has 2 heterocycles. The summed E-state index contributed by atoms with van der Waals surface area (Å²) in [5.74, 6) is -1.74. The number of hydrogen-bond donors (Lipinski definition) is 1. The first kappa shape index (κ1) is 18.9. The Kier molecular flexibility index (Phi) is 5.65. The molecule has 0 spiro atoms. The highest BCUT2D eigenvalue weighted by Crippen LogP contribution is 2.34. The van der Waals surface area contributed by atoms with Gasteiger partial charge < -0.3 is 10.1 Å². The number of anilines is 1. The summed E-state index contributed by atoms with van der Waals surface area (Å²) in [6.07, 6.45) is 1.78. The van der Waals surface area contributed by atoms with Crippen LogP contribution < -0.4 is 5.32 Å². The van der Waals surface area contributed by atoms with E-state index in [-0.39, 0.29) is 24.7 Å². The van der Waals surface area contributed by atoms with Crippen molar-refractivity contribution in [2.24, 2.45) is 0 Å². The van der Waals surface area contributed by atoms with Crippen LogP contribution in [0.2, 0.25) is 0 Å². The number of nitrogens with zero attached hydrogens (tertiary/aromatic N) is 2. The van der Waals surface area contributed by atoms with Crippen LogP contribution in [0, 0.1) is 6.92 Å². The number of rotatable bonds is 6. The zero-order valence-electron chi connectivity index (χ0n) is 15.0. The number of Topliss-reactive ketones (excluding diaryl/α,β-unsaturated/α-hetero) is 1. The quantitative estimate of drug-likeness (QED) is 0.765. The van der Waals surface area contributed by atoms with Gasteiger partial charge in [0.25, 0.3) is 0 Å². The van der Waals surface area contributed by atoms with Gasteiger partial charge in [0.1, 0.15) is 22.3 Å². The maximum absolute atomic E-state index is 13.4. The van der Waals surface area contributed by atoms with E-state index in [9.17, 15) is 13.6 Å². The molecule has 0 atom stereocenters. The molecule has 0 bridgehead atoms. The normalized spacial score (nSPS) is 17.2. The lowest BCUT2D eigenvalue weighted by molar-refractivity contribution is -0.116. The second-order valence-corrected chi connectivity index (χ2v) is 7.87. The van der Waals surface area contributed by atoms with Crippen LogP contribution >= 0.6 is 11.3 Å². The van der Waals surface area contributed by atoms with Crippen molar-refractivity contribution < 1.29 is 13.6 Å². The van der Waals surface area contributed by atoms with Crippen molar-refractivity contribution in [1.29, 1.82) is 0 Å². The van der Waals surface area contributed by atoms with Crippen molar-refractivity contribution in [3.63, 3.8) is 0 Å². The van der Waals surface area contributed by atoms with Gasteiger partial charge in [-0.15, -0.1) is 11.3 Å². The van der Waals surface area contributed by atoms with Gasteiger partial charge in [-0.05, 0) is 50.8 Å². The fraction of sp³-hybridized carbons (Fsp3) is 0.526. The molecule has 0 unspecified atom stereocenters. The zero-order chi connectivity index (χ0) is 18.7. The highest BCUT2D eigenvalue weighted by Gasteiger charge is 2.34. The molecule has 1 N–H and O–H groups in total. The number of aryl methyl sites for hydroxylation is 2. The number of aromatic nitrogens is 2. The van der Waals surface area contributed by atoms with E-state index in [0.29, 0.717) is 31.5 Å². The fourth-order valence-corrected chi connectivity index (χ4v) is 3.86. The number of carbonyl (C=O) groups is 1. The summed E-state index contributed by atoms with van der Waals surface area (Å²) < 4.78 is 26.7. The predicted octanol–water partition coefficient (Wildman–Crippen LogP) is 5.02. The fourth-order valence-electron chi connectivity index (χ4n) is 3.10. The van der Waals surface area contributed by atoms with Crippen molar-refractivity contribution in [3.05, 3.63) is 28.8 Å². The van der Waals surface area contributed by atoms with E-state index in [4.69, 9.17) is 0 Å². The lowest BCUT2D eigenvalue weighted by Gasteiger charge is -2.29. The maximum atomic E-state index is 13.4. The average Bonchev–Trinajstić information content (AvgIpc) is 3.01. The van der Waals surface area contributed by atoms with Gasteiger partial charge in [0.15, 0.2) is 0 Å². The highest BCUT2D eigenvalue weighted by atomic mass is 32.1. The third-order valence-electron chi connectivity index (χ3n) is 4.56. The minimum atomic E-state index is -2.54. The molecule has 26 heavy (non-hydrogen) atoms. The summed E-state index contributed by atoms with van der Waals surface area (Å²) >= 11 is 1.52. The first-order chi connectivity index (χ1) is 12.3. The van der Waals surface area contributed by atoms with Gasteiger partial charge in [0.2, 0.25) is 5.92 Å². The van der Waals surface area contributed by atoms with Crippen molar-refractivity contribution in [1.82, 2.24) is 9.97 Å². The van der Waals surface area contributed by atoms with Crippen molar-refractivity contribution in [3.8, 4) is 10.7 Å². The number of thiazole rings is 1. The van der Waals surface area contributed by atoms with Crippen LogP contribution in [0.5, 0.6) is 0 Å². The molecule has 2 aromatic heterocycles. The Hall–Kier alpha value is -1.89. The number of nitrogens with one attached hydrogen (secondary N) is 1.